The molecule has 5 atom stereocenters. The number of carbonyl (C=O) groups excluding carboxylic acids is 1. The van der Waals surface area contributed by atoms with E-state index in [2.05, 4.69) is 35.4 Å². The Morgan fingerprint density at radius 3 is 2.67 bits per heavy atom. The molecule has 2 heterocycles. The van der Waals surface area contributed by atoms with Crippen molar-refractivity contribution in [2.24, 2.45) is 23.2 Å². The predicted octanol–water partition coefficient (Wildman–Crippen LogP) is 4.78. The summed E-state index contributed by atoms with van der Waals surface area (Å²) in [6.45, 7) is 11.6. The van der Waals surface area contributed by atoms with E-state index in [1.165, 1.54) is 24.1 Å². The maximum absolute atomic E-state index is 12.8. The number of piperazine rings is 1. The molecule has 0 radical (unpaired) electrons. The highest BCUT2D eigenvalue weighted by Gasteiger charge is 2.55. The van der Waals surface area contributed by atoms with E-state index >= 15 is 0 Å². The van der Waals surface area contributed by atoms with E-state index in [4.69, 9.17) is 16.3 Å². The molecule has 2 saturated carbocycles. The van der Waals surface area contributed by atoms with E-state index in [1.54, 1.807) is 0 Å². The standard InChI is InChI=1S/C25H33ClN2O2/c1-17-4-3-9-25(2)15-23-20(14-22(17)25)21(24(29)30-23)16-27-10-12-28(13-11-27)19-7-5-18(26)6-8-19/h5-8,20-23H,1,3-4,9-16H2,2H3/t20-,21-,22-,23+,25-/m0/s1. The number of ether oxygens (including phenoxy) is 1. The molecule has 5 rings (SSSR count). The summed E-state index contributed by atoms with van der Waals surface area (Å²) in [6, 6.07) is 8.09. The number of fused-ring (bicyclic) bond motifs is 2. The molecule has 0 spiro atoms. The van der Waals surface area contributed by atoms with E-state index in [1.807, 2.05) is 12.1 Å². The van der Waals surface area contributed by atoms with Gasteiger partial charge >= 0.3 is 5.97 Å². The van der Waals surface area contributed by atoms with Crippen LogP contribution in [0.1, 0.15) is 39.0 Å². The number of hydrogen-bond acceptors (Lipinski definition) is 4. The number of nitrogens with zero attached hydrogens (tertiary/aromatic N) is 2. The Morgan fingerprint density at radius 1 is 1.20 bits per heavy atom. The van der Waals surface area contributed by atoms with Crippen molar-refractivity contribution in [3.8, 4) is 0 Å². The van der Waals surface area contributed by atoms with Gasteiger partial charge < -0.3 is 9.64 Å². The third kappa shape index (κ3) is 3.67. The monoisotopic (exact) mass is 428 g/mol. The Kier molecular flexibility index (Phi) is 5.35. The molecule has 4 fully saturated rings. The van der Waals surface area contributed by atoms with Crippen LogP contribution in [-0.4, -0.2) is 49.7 Å². The summed E-state index contributed by atoms with van der Waals surface area (Å²) in [4.78, 5) is 17.7. The average molecular weight is 429 g/mol. The van der Waals surface area contributed by atoms with Crippen LogP contribution in [0.4, 0.5) is 5.69 Å². The Bertz CT molecular complexity index is 817. The summed E-state index contributed by atoms with van der Waals surface area (Å²) in [5, 5.41) is 0.774. The van der Waals surface area contributed by atoms with Crippen LogP contribution >= 0.6 is 11.6 Å². The zero-order chi connectivity index (χ0) is 20.9. The van der Waals surface area contributed by atoms with Crippen molar-refractivity contribution in [3.05, 3.63) is 41.4 Å². The van der Waals surface area contributed by atoms with Gasteiger partial charge in [-0.2, -0.15) is 0 Å². The number of rotatable bonds is 3. The van der Waals surface area contributed by atoms with Crippen molar-refractivity contribution in [1.29, 1.82) is 0 Å². The van der Waals surface area contributed by atoms with Gasteiger partial charge in [-0.25, -0.2) is 0 Å². The van der Waals surface area contributed by atoms with Crippen molar-refractivity contribution < 1.29 is 9.53 Å². The number of esters is 1. The SMILES string of the molecule is C=C1CCC[C@@]2(C)C[C@H]3OC(=O)[C@@H](CN4CCN(c5ccc(Cl)cc5)CC4)[C@@H]3C[C@@H]12. The second kappa shape index (κ2) is 7.87. The summed E-state index contributed by atoms with van der Waals surface area (Å²) in [7, 11) is 0. The summed E-state index contributed by atoms with van der Waals surface area (Å²) >= 11 is 6.02. The van der Waals surface area contributed by atoms with Crippen LogP contribution in [0.2, 0.25) is 5.02 Å². The largest absolute Gasteiger partial charge is 0.462 e. The van der Waals surface area contributed by atoms with Gasteiger partial charge in [0.2, 0.25) is 0 Å². The first-order valence-electron chi connectivity index (χ1n) is 11.5. The zero-order valence-corrected chi connectivity index (χ0v) is 18.7. The van der Waals surface area contributed by atoms with Crippen LogP contribution in [0.3, 0.4) is 0 Å². The van der Waals surface area contributed by atoms with Crippen molar-refractivity contribution >= 4 is 23.3 Å². The lowest BCUT2D eigenvalue weighted by atomic mass is 9.55. The summed E-state index contributed by atoms with van der Waals surface area (Å²) in [6.07, 6.45) is 5.86. The molecular weight excluding hydrogens is 396 g/mol. The third-order valence-corrected chi connectivity index (χ3v) is 8.59. The predicted molar refractivity (Wildman–Crippen MR) is 121 cm³/mol. The molecule has 2 saturated heterocycles. The lowest BCUT2D eigenvalue weighted by Crippen LogP contribution is -2.50. The minimum atomic E-state index is 0.0244. The molecule has 0 amide bonds. The van der Waals surface area contributed by atoms with Crippen LogP contribution in [0.25, 0.3) is 0 Å². The quantitative estimate of drug-likeness (QED) is 0.512. The number of carbonyl (C=O) groups is 1. The second-order valence-corrected chi connectivity index (χ2v) is 10.6. The Balaban J connectivity index is 1.22. The van der Waals surface area contributed by atoms with Gasteiger partial charge in [-0.15, -0.1) is 0 Å². The normalized spacial score (nSPS) is 36.9. The Morgan fingerprint density at radius 2 is 1.93 bits per heavy atom. The first-order chi connectivity index (χ1) is 14.4. The number of anilines is 1. The molecule has 1 aromatic carbocycles. The van der Waals surface area contributed by atoms with Crippen LogP contribution in [0.5, 0.6) is 0 Å². The smallest absolute Gasteiger partial charge is 0.310 e. The van der Waals surface area contributed by atoms with Crippen molar-refractivity contribution in [2.45, 2.75) is 45.1 Å². The highest BCUT2D eigenvalue weighted by Crippen LogP contribution is 2.56. The maximum atomic E-state index is 12.8. The third-order valence-electron chi connectivity index (χ3n) is 8.34. The van der Waals surface area contributed by atoms with Crippen LogP contribution in [0, 0.1) is 23.2 Å². The van der Waals surface area contributed by atoms with Gasteiger partial charge in [0.05, 0.1) is 5.92 Å². The molecule has 0 aromatic heterocycles. The van der Waals surface area contributed by atoms with Crippen molar-refractivity contribution in [1.82, 2.24) is 4.90 Å². The number of halogens is 1. The van der Waals surface area contributed by atoms with Crippen LogP contribution in [-0.2, 0) is 9.53 Å². The minimum Gasteiger partial charge on any atom is -0.462 e. The van der Waals surface area contributed by atoms with E-state index in [0.717, 1.165) is 57.0 Å². The van der Waals surface area contributed by atoms with E-state index < -0.39 is 0 Å². The fourth-order valence-corrected chi connectivity index (χ4v) is 6.71. The number of hydrogen-bond donors (Lipinski definition) is 0. The van der Waals surface area contributed by atoms with Gasteiger partial charge in [-0.05, 0) is 67.7 Å². The molecule has 2 aliphatic carbocycles. The Hall–Kier alpha value is -1.52. The highest BCUT2D eigenvalue weighted by molar-refractivity contribution is 6.30. The topological polar surface area (TPSA) is 32.8 Å². The number of allylic oxidation sites excluding steroid dienone is 1. The second-order valence-electron chi connectivity index (χ2n) is 10.2. The lowest BCUT2D eigenvalue weighted by Gasteiger charge is -2.50. The molecule has 0 N–H and O–H groups in total. The first-order valence-corrected chi connectivity index (χ1v) is 11.9. The molecule has 4 aliphatic rings. The zero-order valence-electron chi connectivity index (χ0n) is 18.0. The molecule has 0 unspecified atom stereocenters. The van der Waals surface area contributed by atoms with Crippen LogP contribution < -0.4 is 4.90 Å². The van der Waals surface area contributed by atoms with Crippen molar-refractivity contribution in [3.63, 3.8) is 0 Å². The molecular formula is C25H33ClN2O2. The Labute approximate surface area is 185 Å². The minimum absolute atomic E-state index is 0.0244. The van der Waals surface area contributed by atoms with Gasteiger partial charge in [0.25, 0.3) is 0 Å². The van der Waals surface area contributed by atoms with Gasteiger partial charge in [0.1, 0.15) is 6.10 Å². The van der Waals surface area contributed by atoms with Crippen LogP contribution in [0.15, 0.2) is 36.4 Å². The maximum Gasteiger partial charge on any atom is 0.310 e. The first kappa shape index (κ1) is 20.4. The van der Waals surface area contributed by atoms with Crippen molar-refractivity contribution in [2.75, 3.05) is 37.6 Å². The fraction of sp³-hybridized carbons (Fsp3) is 0.640. The highest BCUT2D eigenvalue weighted by atomic mass is 35.5. The molecule has 2 aliphatic heterocycles. The summed E-state index contributed by atoms with van der Waals surface area (Å²) in [5.41, 5.74) is 2.91. The van der Waals surface area contributed by atoms with E-state index in [9.17, 15) is 4.79 Å². The number of benzene rings is 1. The van der Waals surface area contributed by atoms with E-state index in [0.29, 0.717) is 11.8 Å². The van der Waals surface area contributed by atoms with E-state index in [-0.39, 0.29) is 23.4 Å². The van der Waals surface area contributed by atoms with Gasteiger partial charge in [-0.1, -0.05) is 30.7 Å². The summed E-state index contributed by atoms with van der Waals surface area (Å²) in [5.74, 6) is 0.986. The van der Waals surface area contributed by atoms with Gasteiger partial charge in [-0.3, -0.25) is 9.69 Å². The molecule has 1 aromatic rings. The molecule has 30 heavy (non-hydrogen) atoms. The molecule has 0 bridgehead atoms. The van der Waals surface area contributed by atoms with Gasteiger partial charge in [0, 0.05) is 49.4 Å². The lowest BCUT2D eigenvalue weighted by molar-refractivity contribution is -0.146. The summed E-state index contributed by atoms with van der Waals surface area (Å²) < 4.78 is 5.95. The molecule has 162 valence electrons. The average Bonchev–Trinajstić information content (AvgIpc) is 3.01. The molecule has 4 nitrogen and oxygen atoms in total. The molecule has 5 heteroatoms. The fourth-order valence-electron chi connectivity index (χ4n) is 6.58. The van der Waals surface area contributed by atoms with Gasteiger partial charge in [0.15, 0.2) is 0 Å².